The van der Waals surface area contributed by atoms with Gasteiger partial charge in [0, 0.05) is 24.6 Å². The van der Waals surface area contributed by atoms with Crippen molar-refractivity contribution in [2.45, 2.75) is 56.3 Å². The SMILES string of the molecule is CCCCC(N=C1NS(=O)(=O)c2ccccc21)C(=O)N1CCC(C2OCCO2)CC1. The van der Waals surface area contributed by atoms with Crippen molar-refractivity contribution >= 4 is 21.8 Å². The molecule has 2 fully saturated rings. The molecule has 0 radical (unpaired) electrons. The molecule has 0 bridgehead atoms. The second-order valence-electron chi connectivity index (χ2n) is 8.01. The van der Waals surface area contributed by atoms with Crippen molar-refractivity contribution in [3.8, 4) is 0 Å². The zero-order valence-electron chi connectivity index (χ0n) is 17.2. The summed E-state index contributed by atoms with van der Waals surface area (Å²) in [7, 11) is -3.62. The second kappa shape index (κ2) is 9.03. The summed E-state index contributed by atoms with van der Waals surface area (Å²) in [4.78, 5) is 19.9. The first kappa shape index (κ1) is 21.3. The maximum absolute atomic E-state index is 13.3. The summed E-state index contributed by atoms with van der Waals surface area (Å²) in [6.45, 7) is 4.62. The third-order valence-corrected chi connectivity index (χ3v) is 7.34. The van der Waals surface area contributed by atoms with Crippen molar-refractivity contribution in [2.75, 3.05) is 26.3 Å². The van der Waals surface area contributed by atoms with Crippen molar-refractivity contribution in [3.05, 3.63) is 29.8 Å². The quantitative estimate of drug-likeness (QED) is 0.736. The number of rotatable bonds is 6. The van der Waals surface area contributed by atoms with E-state index < -0.39 is 16.1 Å². The van der Waals surface area contributed by atoms with Crippen LogP contribution in [-0.2, 0) is 24.3 Å². The summed E-state index contributed by atoms with van der Waals surface area (Å²) in [5.41, 5.74) is 0.529. The summed E-state index contributed by atoms with van der Waals surface area (Å²) < 4.78 is 38.5. The first-order valence-electron chi connectivity index (χ1n) is 10.7. The molecule has 0 aliphatic carbocycles. The van der Waals surface area contributed by atoms with Crippen molar-refractivity contribution in [1.29, 1.82) is 0 Å². The number of unbranched alkanes of at least 4 members (excludes halogenated alkanes) is 1. The monoisotopic (exact) mass is 435 g/mol. The molecule has 9 heteroatoms. The number of piperidine rings is 1. The molecule has 4 rings (SSSR count). The van der Waals surface area contributed by atoms with E-state index in [-0.39, 0.29) is 22.9 Å². The minimum atomic E-state index is -3.62. The average molecular weight is 436 g/mol. The van der Waals surface area contributed by atoms with Gasteiger partial charge in [-0.1, -0.05) is 31.9 Å². The maximum Gasteiger partial charge on any atom is 0.263 e. The van der Waals surface area contributed by atoms with E-state index >= 15 is 0 Å². The van der Waals surface area contributed by atoms with E-state index in [9.17, 15) is 13.2 Å². The Bertz CT molecular complexity index is 903. The summed E-state index contributed by atoms with van der Waals surface area (Å²) in [6.07, 6.45) is 3.91. The molecular formula is C21H29N3O5S. The topological polar surface area (TPSA) is 97.3 Å². The van der Waals surface area contributed by atoms with Crippen molar-refractivity contribution in [1.82, 2.24) is 9.62 Å². The van der Waals surface area contributed by atoms with Gasteiger partial charge < -0.3 is 14.4 Å². The van der Waals surface area contributed by atoms with Crippen molar-refractivity contribution in [2.24, 2.45) is 10.9 Å². The van der Waals surface area contributed by atoms with Crippen LogP contribution in [0.25, 0.3) is 0 Å². The number of nitrogens with one attached hydrogen (secondary N) is 1. The highest BCUT2D eigenvalue weighted by Crippen LogP contribution is 2.27. The lowest BCUT2D eigenvalue weighted by Crippen LogP contribution is -2.45. The Balaban J connectivity index is 1.49. The standard InChI is InChI=1S/C21H29N3O5S/c1-2-3-7-17(22-19-16-6-4-5-8-18(16)30(26,27)23-19)20(25)24-11-9-15(10-12-24)21-28-13-14-29-21/h4-6,8,15,17,21H,2-3,7,9-14H2,1H3,(H,22,23). The third-order valence-electron chi connectivity index (χ3n) is 5.95. The minimum absolute atomic E-state index is 0.0359. The van der Waals surface area contributed by atoms with E-state index in [4.69, 9.17) is 9.47 Å². The Morgan fingerprint density at radius 3 is 2.63 bits per heavy atom. The molecule has 1 aromatic carbocycles. The molecule has 3 aliphatic rings. The van der Waals surface area contributed by atoms with Crippen LogP contribution in [0.15, 0.2) is 34.2 Å². The van der Waals surface area contributed by atoms with Gasteiger partial charge in [0.15, 0.2) is 6.29 Å². The Hall–Kier alpha value is -1.97. The molecule has 30 heavy (non-hydrogen) atoms. The fourth-order valence-corrected chi connectivity index (χ4v) is 5.52. The molecule has 0 spiro atoms. The summed E-state index contributed by atoms with van der Waals surface area (Å²) >= 11 is 0. The summed E-state index contributed by atoms with van der Waals surface area (Å²) in [5, 5.41) is 0. The number of hydrogen-bond donors (Lipinski definition) is 1. The highest BCUT2D eigenvalue weighted by molar-refractivity contribution is 7.90. The van der Waals surface area contributed by atoms with Gasteiger partial charge in [-0.25, -0.2) is 8.42 Å². The van der Waals surface area contributed by atoms with Crippen LogP contribution in [0.1, 0.15) is 44.6 Å². The highest BCUT2D eigenvalue weighted by atomic mass is 32.2. The predicted molar refractivity (Wildman–Crippen MR) is 112 cm³/mol. The Labute approximate surface area is 177 Å². The van der Waals surface area contributed by atoms with Crippen LogP contribution in [0.2, 0.25) is 0 Å². The molecule has 1 aromatic rings. The number of fused-ring (bicyclic) bond motifs is 1. The molecule has 0 saturated carbocycles. The number of aliphatic imine (C=N–C) groups is 1. The van der Waals surface area contributed by atoms with E-state index in [0.29, 0.717) is 44.2 Å². The van der Waals surface area contributed by atoms with E-state index in [0.717, 1.165) is 25.7 Å². The predicted octanol–water partition coefficient (Wildman–Crippen LogP) is 1.90. The summed E-state index contributed by atoms with van der Waals surface area (Å²) in [5.74, 6) is 0.541. The number of amidine groups is 1. The molecule has 1 unspecified atom stereocenters. The van der Waals surface area contributed by atoms with Gasteiger partial charge in [-0.2, -0.15) is 0 Å². The first-order chi connectivity index (χ1) is 14.5. The van der Waals surface area contributed by atoms with E-state index in [1.54, 1.807) is 24.3 Å². The number of nitrogens with zero attached hydrogens (tertiary/aromatic N) is 2. The van der Waals surface area contributed by atoms with E-state index in [2.05, 4.69) is 16.6 Å². The van der Waals surface area contributed by atoms with Gasteiger partial charge in [-0.15, -0.1) is 0 Å². The Morgan fingerprint density at radius 1 is 1.23 bits per heavy atom. The molecule has 8 nitrogen and oxygen atoms in total. The lowest BCUT2D eigenvalue weighted by molar-refractivity contribution is -0.138. The highest BCUT2D eigenvalue weighted by Gasteiger charge is 2.35. The van der Waals surface area contributed by atoms with Gasteiger partial charge in [0.2, 0.25) is 5.91 Å². The molecule has 0 aromatic heterocycles. The minimum Gasteiger partial charge on any atom is -0.350 e. The number of likely N-dealkylation sites (tertiary alicyclic amines) is 1. The number of ether oxygens (including phenoxy) is 2. The first-order valence-corrected chi connectivity index (χ1v) is 12.2. The van der Waals surface area contributed by atoms with Gasteiger partial charge in [0.05, 0.1) is 18.1 Å². The van der Waals surface area contributed by atoms with E-state index in [1.165, 1.54) is 0 Å². The maximum atomic E-state index is 13.3. The van der Waals surface area contributed by atoms with Gasteiger partial charge in [-0.05, 0) is 31.4 Å². The third kappa shape index (κ3) is 4.38. The second-order valence-corrected chi connectivity index (χ2v) is 9.66. The van der Waals surface area contributed by atoms with Gasteiger partial charge in [-0.3, -0.25) is 14.5 Å². The lowest BCUT2D eigenvalue weighted by Gasteiger charge is -2.35. The normalized spacial score (nSPS) is 24.0. The zero-order valence-corrected chi connectivity index (χ0v) is 18.1. The Kier molecular flexibility index (Phi) is 6.40. The Morgan fingerprint density at radius 2 is 1.93 bits per heavy atom. The molecule has 1 atom stereocenters. The molecular weight excluding hydrogens is 406 g/mol. The number of benzene rings is 1. The lowest BCUT2D eigenvalue weighted by atomic mass is 9.95. The van der Waals surface area contributed by atoms with Crippen LogP contribution in [0.5, 0.6) is 0 Å². The fourth-order valence-electron chi connectivity index (χ4n) is 4.28. The molecule has 3 heterocycles. The molecule has 164 valence electrons. The smallest absolute Gasteiger partial charge is 0.263 e. The van der Waals surface area contributed by atoms with Crippen LogP contribution in [0, 0.1) is 5.92 Å². The number of hydrogen-bond acceptors (Lipinski definition) is 6. The van der Waals surface area contributed by atoms with Crippen molar-refractivity contribution < 1.29 is 22.7 Å². The largest absolute Gasteiger partial charge is 0.350 e. The van der Waals surface area contributed by atoms with Crippen LogP contribution in [-0.4, -0.2) is 63.7 Å². The molecule has 3 aliphatic heterocycles. The van der Waals surface area contributed by atoms with E-state index in [1.807, 2.05) is 4.90 Å². The zero-order chi connectivity index (χ0) is 21.1. The van der Waals surface area contributed by atoms with Crippen LogP contribution in [0.4, 0.5) is 0 Å². The average Bonchev–Trinajstić information content (AvgIpc) is 3.38. The van der Waals surface area contributed by atoms with Crippen LogP contribution >= 0.6 is 0 Å². The van der Waals surface area contributed by atoms with Crippen LogP contribution < -0.4 is 4.72 Å². The van der Waals surface area contributed by atoms with Gasteiger partial charge in [0.25, 0.3) is 10.0 Å². The molecule has 1 amide bonds. The van der Waals surface area contributed by atoms with Crippen LogP contribution in [0.3, 0.4) is 0 Å². The van der Waals surface area contributed by atoms with Gasteiger partial charge >= 0.3 is 0 Å². The number of carbonyl (C=O) groups excluding carboxylic acids is 1. The van der Waals surface area contributed by atoms with Gasteiger partial charge in [0.1, 0.15) is 11.9 Å². The van der Waals surface area contributed by atoms with Crippen molar-refractivity contribution in [3.63, 3.8) is 0 Å². The summed E-state index contributed by atoms with van der Waals surface area (Å²) in [6, 6.07) is 6.14. The number of sulfonamides is 1. The number of carbonyl (C=O) groups is 1. The fraction of sp³-hybridized carbons (Fsp3) is 0.619. The molecule has 2 saturated heterocycles. The molecule has 1 N–H and O–H groups in total. The number of amides is 1.